The molecule has 156 valence electrons. The van der Waals surface area contributed by atoms with Gasteiger partial charge in [0, 0.05) is 20.6 Å². The third kappa shape index (κ3) is 5.88. The van der Waals surface area contributed by atoms with E-state index in [1.807, 2.05) is 42.3 Å². The van der Waals surface area contributed by atoms with Gasteiger partial charge in [-0.25, -0.2) is 4.79 Å². The van der Waals surface area contributed by atoms with Crippen LogP contribution in [0.5, 0.6) is 0 Å². The first-order chi connectivity index (χ1) is 13.7. The second kappa shape index (κ2) is 10.2. The Hall–Kier alpha value is -2.71. The second-order valence-corrected chi connectivity index (χ2v) is 7.91. The fourth-order valence-corrected chi connectivity index (χ4v) is 4.05. The van der Waals surface area contributed by atoms with Gasteiger partial charge in [0.2, 0.25) is 5.91 Å². The summed E-state index contributed by atoms with van der Waals surface area (Å²) in [5.74, 6) is -1.04. The number of benzene rings is 1. The summed E-state index contributed by atoms with van der Waals surface area (Å²) in [5.41, 5.74) is 1.85. The quantitative estimate of drug-likeness (QED) is 0.668. The third-order valence-electron chi connectivity index (χ3n) is 4.19. The number of rotatable bonds is 8. The lowest BCUT2D eigenvalue weighted by atomic mass is 10.1. The molecular formula is C21H27N3O4S. The first-order valence-corrected chi connectivity index (χ1v) is 10.1. The van der Waals surface area contributed by atoms with Crippen LogP contribution in [0.25, 0.3) is 0 Å². The van der Waals surface area contributed by atoms with Gasteiger partial charge in [-0.15, -0.1) is 11.3 Å². The predicted molar refractivity (Wildman–Crippen MR) is 114 cm³/mol. The Balaban J connectivity index is 2.19. The third-order valence-corrected chi connectivity index (χ3v) is 5.38. The van der Waals surface area contributed by atoms with Gasteiger partial charge in [0.25, 0.3) is 5.91 Å². The molecule has 0 fully saturated rings. The zero-order valence-corrected chi connectivity index (χ0v) is 18.3. The van der Waals surface area contributed by atoms with Crippen molar-refractivity contribution in [3.8, 4) is 0 Å². The lowest BCUT2D eigenvalue weighted by molar-refractivity contribution is -0.117. The Kier molecular flexibility index (Phi) is 7.92. The Morgan fingerprint density at radius 2 is 1.76 bits per heavy atom. The molecular weight excluding hydrogens is 390 g/mol. The van der Waals surface area contributed by atoms with E-state index in [0.29, 0.717) is 22.0 Å². The van der Waals surface area contributed by atoms with Gasteiger partial charge in [-0.2, -0.15) is 0 Å². The highest BCUT2D eigenvalue weighted by atomic mass is 32.1. The number of hydrogen-bond donors (Lipinski definition) is 1. The number of nitrogens with zero attached hydrogens (tertiary/aromatic N) is 2. The fraction of sp³-hybridized carbons (Fsp3) is 0.381. The number of ether oxygens (including phenoxy) is 1. The smallest absolute Gasteiger partial charge is 0.341 e. The molecule has 1 aromatic heterocycles. The molecule has 0 aliphatic heterocycles. The molecule has 1 N–H and O–H groups in total. The summed E-state index contributed by atoms with van der Waals surface area (Å²) in [6, 6.07) is 9.84. The summed E-state index contributed by atoms with van der Waals surface area (Å²) in [7, 11) is 5.13. The molecule has 0 radical (unpaired) electrons. The Labute approximate surface area is 175 Å². The standard InChI is InChI=1S/C21H27N3O4S/c1-6-28-21(27)17-14(2)18(20(26)23(3)4)29-19(17)22-16(25)13-24(5)12-15-10-8-7-9-11-15/h7-11H,6,12-13H2,1-5H3,(H,22,25). The highest BCUT2D eigenvalue weighted by Crippen LogP contribution is 2.34. The minimum Gasteiger partial charge on any atom is -0.462 e. The molecule has 0 atom stereocenters. The van der Waals surface area contributed by atoms with Gasteiger partial charge in [0.15, 0.2) is 0 Å². The van der Waals surface area contributed by atoms with Crippen LogP contribution in [0, 0.1) is 6.92 Å². The average Bonchev–Trinajstić information content (AvgIpc) is 2.97. The van der Waals surface area contributed by atoms with Crippen molar-refractivity contribution in [1.29, 1.82) is 0 Å². The van der Waals surface area contributed by atoms with Crippen molar-refractivity contribution in [2.24, 2.45) is 0 Å². The molecule has 0 unspecified atom stereocenters. The van der Waals surface area contributed by atoms with Gasteiger partial charge in [0.1, 0.15) is 5.00 Å². The predicted octanol–water partition coefficient (Wildman–Crippen LogP) is 3.01. The molecule has 2 aromatic rings. The molecule has 0 bridgehead atoms. The maximum absolute atomic E-state index is 12.6. The van der Waals surface area contributed by atoms with E-state index >= 15 is 0 Å². The molecule has 8 heteroatoms. The molecule has 7 nitrogen and oxygen atoms in total. The number of esters is 1. The van der Waals surface area contributed by atoms with Crippen LogP contribution < -0.4 is 5.32 Å². The first-order valence-electron chi connectivity index (χ1n) is 9.29. The fourth-order valence-electron chi connectivity index (χ4n) is 2.82. The van der Waals surface area contributed by atoms with Crippen LogP contribution in [0.1, 0.15) is 38.1 Å². The molecule has 2 amide bonds. The highest BCUT2D eigenvalue weighted by Gasteiger charge is 2.27. The Morgan fingerprint density at radius 3 is 2.34 bits per heavy atom. The topological polar surface area (TPSA) is 79.0 Å². The van der Waals surface area contributed by atoms with Crippen molar-refractivity contribution >= 4 is 34.1 Å². The summed E-state index contributed by atoms with van der Waals surface area (Å²) < 4.78 is 5.13. The zero-order chi connectivity index (χ0) is 21.6. The van der Waals surface area contributed by atoms with E-state index in [1.165, 1.54) is 4.90 Å². The molecule has 0 aliphatic carbocycles. The number of amides is 2. The van der Waals surface area contributed by atoms with Crippen molar-refractivity contribution in [2.75, 3.05) is 39.6 Å². The minimum atomic E-state index is -0.549. The molecule has 2 rings (SSSR count). The van der Waals surface area contributed by atoms with E-state index < -0.39 is 5.97 Å². The van der Waals surface area contributed by atoms with Crippen molar-refractivity contribution < 1.29 is 19.1 Å². The molecule has 1 aromatic carbocycles. The van der Waals surface area contributed by atoms with Gasteiger partial charge in [-0.05, 0) is 32.0 Å². The summed E-state index contributed by atoms with van der Waals surface area (Å²) in [5, 5.41) is 3.13. The first kappa shape index (κ1) is 22.6. The van der Waals surface area contributed by atoms with Crippen LogP contribution in [-0.4, -0.2) is 61.9 Å². The number of carbonyl (C=O) groups excluding carboxylic acids is 3. The number of hydrogen-bond acceptors (Lipinski definition) is 6. The van der Waals surface area contributed by atoms with Crippen LogP contribution in [-0.2, 0) is 16.1 Å². The molecule has 0 spiro atoms. The van der Waals surface area contributed by atoms with Gasteiger partial charge in [-0.3, -0.25) is 14.5 Å². The Morgan fingerprint density at radius 1 is 1.10 bits per heavy atom. The highest BCUT2D eigenvalue weighted by molar-refractivity contribution is 7.18. The second-order valence-electron chi connectivity index (χ2n) is 6.89. The molecule has 0 saturated carbocycles. The maximum Gasteiger partial charge on any atom is 0.341 e. The average molecular weight is 418 g/mol. The van der Waals surface area contributed by atoms with Crippen LogP contribution in [0.2, 0.25) is 0 Å². The molecule has 0 saturated heterocycles. The van der Waals surface area contributed by atoms with Crippen LogP contribution in [0.3, 0.4) is 0 Å². The van der Waals surface area contributed by atoms with E-state index in [0.717, 1.165) is 16.9 Å². The van der Waals surface area contributed by atoms with Crippen LogP contribution in [0.4, 0.5) is 5.00 Å². The summed E-state index contributed by atoms with van der Waals surface area (Å²) in [4.78, 5) is 41.2. The summed E-state index contributed by atoms with van der Waals surface area (Å²) in [6.07, 6.45) is 0. The summed E-state index contributed by atoms with van der Waals surface area (Å²) in [6.45, 7) is 4.37. The van der Waals surface area contributed by atoms with E-state index in [-0.39, 0.29) is 30.5 Å². The Bertz CT molecular complexity index is 878. The van der Waals surface area contributed by atoms with E-state index in [1.54, 1.807) is 27.9 Å². The van der Waals surface area contributed by atoms with Crippen LogP contribution >= 0.6 is 11.3 Å². The molecule has 0 aliphatic rings. The van der Waals surface area contributed by atoms with Crippen molar-refractivity contribution in [3.63, 3.8) is 0 Å². The largest absolute Gasteiger partial charge is 0.462 e. The van der Waals surface area contributed by atoms with E-state index in [9.17, 15) is 14.4 Å². The lowest BCUT2D eigenvalue weighted by Crippen LogP contribution is -2.30. The van der Waals surface area contributed by atoms with Crippen LogP contribution in [0.15, 0.2) is 30.3 Å². The number of likely N-dealkylation sites (N-methyl/N-ethyl adjacent to an activating group) is 1. The summed E-state index contributed by atoms with van der Waals surface area (Å²) >= 11 is 1.09. The van der Waals surface area contributed by atoms with Gasteiger partial charge in [0.05, 0.1) is 23.6 Å². The molecule has 1 heterocycles. The SMILES string of the molecule is CCOC(=O)c1c(NC(=O)CN(C)Cc2ccccc2)sc(C(=O)N(C)C)c1C. The lowest BCUT2D eigenvalue weighted by Gasteiger charge is -2.16. The maximum atomic E-state index is 12.6. The monoisotopic (exact) mass is 417 g/mol. The van der Waals surface area contributed by atoms with Crippen molar-refractivity contribution in [2.45, 2.75) is 20.4 Å². The minimum absolute atomic E-state index is 0.144. The van der Waals surface area contributed by atoms with E-state index in [4.69, 9.17) is 4.74 Å². The molecule has 29 heavy (non-hydrogen) atoms. The van der Waals surface area contributed by atoms with Crippen molar-refractivity contribution in [3.05, 3.63) is 51.9 Å². The zero-order valence-electron chi connectivity index (χ0n) is 17.4. The van der Waals surface area contributed by atoms with Gasteiger partial charge < -0.3 is 15.0 Å². The van der Waals surface area contributed by atoms with Crippen molar-refractivity contribution in [1.82, 2.24) is 9.80 Å². The van der Waals surface area contributed by atoms with Gasteiger partial charge in [-0.1, -0.05) is 30.3 Å². The van der Waals surface area contributed by atoms with Gasteiger partial charge >= 0.3 is 5.97 Å². The number of anilines is 1. The number of nitrogens with one attached hydrogen (secondary N) is 1. The number of carbonyl (C=O) groups is 3. The number of thiophene rings is 1. The van der Waals surface area contributed by atoms with E-state index in [2.05, 4.69) is 5.32 Å². The normalized spacial score (nSPS) is 10.7.